The molecule has 0 aliphatic rings. The number of carbonyl (C=O) groups is 4. The van der Waals surface area contributed by atoms with Crippen LogP contribution in [0.5, 0.6) is 0 Å². The molecule has 0 unspecified atom stereocenters. The largest absolute Gasteiger partial charge is 0.478 e. The smallest absolute Gasteiger partial charge is 0.407 e. The van der Waals surface area contributed by atoms with Crippen LogP contribution in [0.25, 0.3) is 0 Å². The summed E-state index contributed by atoms with van der Waals surface area (Å²) in [6.45, 7) is 7.35. The van der Waals surface area contributed by atoms with E-state index in [0.717, 1.165) is 11.1 Å². The Morgan fingerprint density at radius 3 is 1.66 bits per heavy atom. The van der Waals surface area contributed by atoms with Crippen molar-refractivity contribution in [2.45, 2.75) is 45.2 Å². The van der Waals surface area contributed by atoms with Crippen LogP contribution >= 0.6 is 50.7 Å². The Morgan fingerprint density at radius 1 is 0.773 bits per heavy atom. The molecule has 0 radical (unpaired) electrons. The molecule has 0 aliphatic heterocycles. The zero-order chi connectivity index (χ0) is 33.6. The highest BCUT2D eigenvalue weighted by molar-refractivity contribution is 9.08. The van der Waals surface area contributed by atoms with Gasteiger partial charge in [-0.1, -0.05) is 68.9 Å². The highest BCUT2D eigenvalue weighted by Crippen LogP contribution is 2.21. The number of ether oxygens (including phenoxy) is 3. The van der Waals surface area contributed by atoms with Crippen LogP contribution in [0.15, 0.2) is 54.6 Å². The number of hydrogen-bond acceptors (Lipinski definition) is 7. The number of halogens is 4. The fourth-order valence-corrected chi connectivity index (χ4v) is 4.37. The van der Waals surface area contributed by atoms with Crippen LogP contribution in [0.3, 0.4) is 0 Å². The summed E-state index contributed by atoms with van der Waals surface area (Å²) in [5.41, 5.74) is 3.01. The van der Waals surface area contributed by atoms with E-state index in [-0.39, 0.29) is 29.1 Å². The van der Waals surface area contributed by atoms with Gasteiger partial charge in [0.15, 0.2) is 0 Å². The van der Waals surface area contributed by atoms with Gasteiger partial charge >= 0.3 is 24.0 Å². The van der Waals surface area contributed by atoms with Gasteiger partial charge in [0, 0.05) is 26.9 Å². The molecule has 3 rings (SSSR count). The first-order chi connectivity index (χ1) is 20.5. The van der Waals surface area contributed by atoms with Crippen molar-refractivity contribution in [2.24, 2.45) is 0 Å². The Hall–Kier alpha value is -3.31. The number of carbonyl (C=O) groups excluding carboxylic acids is 3. The molecule has 3 aromatic carbocycles. The van der Waals surface area contributed by atoms with Gasteiger partial charge in [0.1, 0.15) is 5.60 Å². The van der Waals surface area contributed by atoms with Gasteiger partial charge in [-0.3, -0.25) is 0 Å². The second kappa shape index (κ2) is 18.5. The second-order valence-electron chi connectivity index (χ2n) is 9.85. The first-order valence-electron chi connectivity index (χ1n) is 12.8. The third-order valence-electron chi connectivity index (χ3n) is 5.33. The molecule has 0 heterocycles. The highest BCUT2D eigenvalue weighted by Gasteiger charge is 2.16. The van der Waals surface area contributed by atoms with Crippen molar-refractivity contribution in [1.29, 1.82) is 0 Å². The Bertz CT molecular complexity index is 1470. The molecule has 0 saturated carbocycles. The lowest BCUT2D eigenvalue weighted by atomic mass is 10.1. The highest BCUT2D eigenvalue weighted by atomic mass is 79.9. The first-order valence-corrected chi connectivity index (χ1v) is 15.0. The van der Waals surface area contributed by atoms with Gasteiger partial charge in [-0.05, 0) is 80.8 Å². The minimum absolute atomic E-state index is 0.103. The van der Waals surface area contributed by atoms with E-state index in [9.17, 15) is 19.2 Å². The van der Waals surface area contributed by atoms with Crippen molar-refractivity contribution in [3.63, 3.8) is 0 Å². The summed E-state index contributed by atoms with van der Waals surface area (Å²) in [5, 5.41) is 13.5. The number of rotatable bonds is 6. The molecule has 238 valence electrons. The normalized spacial score (nSPS) is 10.2. The van der Waals surface area contributed by atoms with E-state index in [4.69, 9.17) is 44.6 Å². The number of alkyl carbamates (subject to hydrolysis) is 1. The third-order valence-corrected chi connectivity index (χ3v) is 7.05. The van der Waals surface area contributed by atoms with Crippen LogP contribution in [0.4, 0.5) is 4.79 Å². The Balaban J connectivity index is 0.000000342. The average Bonchev–Trinajstić information content (AvgIpc) is 2.96. The van der Waals surface area contributed by atoms with Crippen molar-refractivity contribution in [3.05, 3.63) is 103 Å². The molecular weight excluding hydrogens is 701 g/mol. The van der Waals surface area contributed by atoms with E-state index in [0.29, 0.717) is 32.1 Å². The average molecular weight is 734 g/mol. The maximum atomic E-state index is 11.4. The number of esters is 2. The molecule has 3 aromatic rings. The molecule has 0 spiro atoms. The zero-order valence-corrected chi connectivity index (χ0v) is 28.8. The Morgan fingerprint density at radius 2 is 1.23 bits per heavy atom. The predicted molar refractivity (Wildman–Crippen MR) is 174 cm³/mol. The van der Waals surface area contributed by atoms with Crippen molar-refractivity contribution in [1.82, 2.24) is 5.32 Å². The van der Waals surface area contributed by atoms with Crippen molar-refractivity contribution in [3.8, 4) is 0 Å². The lowest BCUT2D eigenvalue weighted by Crippen LogP contribution is -2.32. The number of methoxy groups -OCH3 is 2. The number of carboxylic acids is 1. The first kappa shape index (κ1) is 38.7. The standard InChI is InChI=1S/C13H16ClNO4.C9H8BrClO2.C9H9ClO2/c1-13(2,3)19-12(18)15-7-9-5-4-8(11(16)17)6-10(9)14;1-13-9(12)6-2-3-7(5-10)8(11)4-6;1-6-3-4-7(5-8(6)10)9(11)12-2/h4-6H,7H2,1-3H3,(H,15,18)(H,16,17);2-4H,5H2,1H3;3-5H,1-2H3. The van der Waals surface area contributed by atoms with Gasteiger partial charge in [0.05, 0.1) is 30.9 Å². The lowest BCUT2D eigenvalue weighted by molar-refractivity contribution is 0.0520. The number of benzene rings is 3. The van der Waals surface area contributed by atoms with E-state index < -0.39 is 17.7 Å². The summed E-state index contributed by atoms with van der Waals surface area (Å²) in [6.07, 6.45) is -0.550. The van der Waals surface area contributed by atoms with Crippen LogP contribution in [-0.2, 0) is 26.1 Å². The molecule has 0 aliphatic carbocycles. The van der Waals surface area contributed by atoms with E-state index in [1.807, 2.05) is 6.92 Å². The van der Waals surface area contributed by atoms with Crippen LogP contribution < -0.4 is 5.32 Å². The fraction of sp³-hybridized carbons (Fsp3) is 0.290. The minimum Gasteiger partial charge on any atom is -0.478 e. The van der Waals surface area contributed by atoms with Gasteiger partial charge < -0.3 is 24.6 Å². The van der Waals surface area contributed by atoms with E-state index in [2.05, 4.69) is 30.7 Å². The lowest BCUT2D eigenvalue weighted by Gasteiger charge is -2.19. The summed E-state index contributed by atoms with van der Waals surface area (Å²) in [7, 11) is 2.69. The molecule has 0 atom stereocenters. The van der Waals surface area contributed by atoms with Gasteiger partial charge in [-0.25, -0.2) is 19.2 Å². The molecule has 13 heteroatoms. The summed E-state index contributed by atoms with van der Waals surface area (Å²) < 4.78 is 14.2. The van der Waals surface area contributed by atoms with Gasteiger partial charge in [-0.15, -0.1) is 0 Å². The predicted octanol–water partition coefficient (Wildman–Crippen LogP) is 8.52. The number of aryl methyl sites for hydroxylation is 1. The number of nitrogens with one attached hydrogen (secondary N) is 1. The van der Waals surface area contributed by atoms with Crippen molar-refractivity contribution < 1.29 is 38.5 Å². The topological polar surface area (TPSA) is 128 Å². The van der Waals surface area contributed by atoms with Gasteiger partial charge in [-0.2, -0.15) is 0 Å². The van der Waals surface area contributed by atoms with Crippen LogP contribution in [0, 0.1) is 6.92 Å². The molecule has 0 saturated heterocycles. The molecule has 0 bridgehead atoms. The van der Waals surface area contributed by atoms with Gasteiger partial charge in [0.2, 0.25) is 0 Å². The van der Waals surface area contributed by atoms with E-state index in [1.54, 1.807) is 63.2 Å². The molecule has 1 amide bonds. The second-order valence-corrected chi connectivity index (χ2v) is 11.6. The summed E-state index contributed by atoms with van der Waals surface area (Å²) in [4.78, 5) is 44.3. The quantitative estimate of drug-likeness (QED) is 0.147. The Labute approximate surface area is 279 Å². The summed E-state index contributed by atoms with van der Waals surface area (Å²) in [6, 6.07) is 14.5. The maximum Gasteiger partial charge on any atom is 0.407 e. The fourth-order valence-electron chi connectivity index (χ4n) is 3.04. The number of aromatic carboxylic acids is 1. The van der Waals surface area contributed by atoms with Crippen LogP contribution in [-0.4, -0.2) is 48.9 Å². The van der Waals surface area contributed by atoms with Gasteiger partial charge in [0.25, 0.3) is 0 Å². The van der Waals surface area contributed by atoms with E-state index in [1.165, 1.54) is 26.4 Å². The molecule has 9 nitrogen and oxygen atoms in total. The molecule has 0 aromatic heterocycles. The van der Waals surface area contributed by atoms with Crippen LogP contribution in [0.1, 0.15) is 68.5 Å². The summed E-state index contributed by atoms with van der Waals surface area (Å²) in [5.74, 6) is -1.78. The number of alkyl halides is 1. The molecular formula is C31H33BrCl3NO8. The number of hydrogen-bond donors (Lipinski definition) is 2. The summed E-state index contributed by atoms with van der Waals surface area (Å²) >= 11 is 20.9. The third kappa shape index (κ3) is 13.5. The molecule has 0 fully saturated rings. The minimum atomic E-state index is -1.05. The maximum absolute atomic E-state index is 11.4. The van der Waals surface area contributed by atoms with Crippen molar-refractivity contribution in [2.75, 3.05) is 14.2 Å². The van der Waals surface area contributed by atoms with Crippen molar-refractivity contribution >= 4 is 74.7 Å². The molecule has 44 heavy (non-hydrogen) atoms. The number of carboxylic acid groups (broad SMARTS) is 1. The van der Waals surface area contributed by atoms with E-state index >= 15 is 0 Å². The van der Waals surface area contributed by atoms with Crippen LogP contribution in [0.2, 0.25) is 15.1 Å². The molecule has 2 N–H and O–H groups in total. The Kier molecular flexibility index (Phi) is 16.3. The number of amides is 1. The monoisotopic (exact) mass is 731 g/mol. The SMILES string of the molecule is CC(C)(C)OC(=O)NCc1ccc(C(=O)O)cc1Cl.COC(=O)c1ccc(C)c(Cl)c1.COC(=O)c1ccc(CBr)c(Cl)c1. The zero-order valence-electron chi connectivity index (χ0n) is 24.9.